The summed E-state index contributed by atoms with van der Waals surface area (Å²) >= 11 is 3.32. The molecule has 0 aliphatic carbocycles. The number of hydrogen-bond acceptors (Lipinski definition) is 4. The van der Waals surface area contributed by atoms with Crippen molar-refractivity contribution in [3.05, 3.63) is 69.9 Å². The van der Waals surface area contributed by atoms with Crippen LogP contribution in [0.4, 0.5) is 4.39 Å². The Kier molecular flexibility index (Phi) is 5.81. The van der Waals surface area contributed by atoms with Gasteiger partial charge in [-0.3, -0.25) is 4.99 Å². The van der Waals surface area contributed by atoms with E-state index in [1.807, 2.05) is 30.3 Å². The molecule has 2 aromatic carbocycles. The fourth-order valence-electron chi connectivity index (χ4n) is 3.46. The van der Waals surface area contributed by atoms with Crippen LogP contribution in [-0.2, 0) is 26.7 Å². The summed E-state index contributed by atoms with van der Waals surface area (Å²) in [5.41, 5.74) is 0.469. The van der Waals surface area contributed by atoms with Crippen LogP contribution in [-0.4, -0.2) is 31.2 Å². The van der Waals surface area contributed by atoms with Crippen LogP contribution < -0.4 is 0 Å². The number of sulfone groups is 1. The SMILES string of the molecule is CC1=N[C@](C)(c2cc(Br)ccc2F)CS(=O)(=O)[C@]1(C)COCc1ccccc1. The third-order valence-corrected chi connectivity index (χ3v) is 8.56. The number of halogens is 2. The minimum Gasteiger partial charge on any atom is -0.375 e. The van der Waals surface area contributed by atoms with Crippen molar-refractivity contribution < 1.29 is 17.5 Å². The van der Waals surface area contributed by atoms with E-state index in [0.717, 1.165) is 5.56 Å². The Labute approximate surface area is 173 Å². The van der Waals surface area contributed by atoms with Crippen molar-refractivity contribution in [3.8, 4) is 0 Å². The maximum atomic E-state index is 14.5. The maximum absolute atomic E-state index is 14.5. The molecular formula is C21H23BrFNO3S. The predicted molar refractivity (Wildman–Crippen MR) is 113 cm³/mol. The number of nitrogens with zero attached hydrogens (tertiary/aromatic N) is 1. The summed E-state index contributed by atoms with van der Waals surface area (Å²) in [6, 6.07) is 14.1. The maximum Gasteiger partial charge on any atom is 0.166 e. The topological polar surface area (TPSA) is 55.7 Å². The first-order valence-electron chi connectivity index (χ1n) is 8.94. The molecule has 7 heteroatoms. The van der Waals surface area contributed by atoms with Gasteiger partial charge in [0.2, 0.25) is 0 Å². The van der Waals surface area contributed by atoms with Gasteiger partial charge in [-0.15, -0.1) is 0 Å². The highest BCUT2D eigenvalue weighted by Crippen LogP contribution is 2.39. The molecule has 0 amide bonds. The molecule has 0 unspecified atom stereocenters. The lowest BCUT2D eigenvalue weighted by Crippen LogP contribution is -2.55. The van der Waals surface area contributed by atoms with Gasteiger partial charge in [0, 0.05) is 15.7 Å². The molecule has 2 aromatic rings. The molecule has 28 heavy (non-hydrogen) atoms. The number of aliphatic imine (C=N–C) groups is 1. The van der Waals surface area contributed by atoms with Crippen LogP contribution in [0.5, 0.6) is 0 Å². The van der Waals surface area contributed by atoms with Crippen LogP contribution in [0.1, 0.15) is 31.9 Å². The van der Waals surface area contributed by atoms with Gasteiger partial charge in [-0.2, -0.15) is 0 Å². The summed E-state index contributed by atoms with van der Waals surface area (Å²) in [6.07, 6.45) is 0. The lowest BCUT2D eigenvalue weighted by Gasteiger charge is -2.40. The summed E-state index contributed by atoms with van der Waals surface area (Å²) in [6.45, 7) is 5.27. The van der Waals surface area contributed by atoms with Crippen LogP contribution in [0.15, 0.2) is 58.0 Å². The summed E-state index contributed by atoms with van der Waals surface area (Å²) in [5, 5.41) is 0. The Morgan fingerprint density at radius 3 is 2.50 bits per heavy atom. The Morgan fingerprint density at radius 1 is 1.18 bits per heavy atom. The summed E-state index contributed by atoms with van der Waals surface area (Å²) in [4.78, 5) is 4.66. The second kappa shape index (κ2) is 7.69. The van der Waals surface area contributed by atoms with Crippen LogP contribution in [0.2, 0.25) is 0 Å². The van der Waals surface area contributed by atoms with Gasteiger partial charge in [0.05, 0.1) is 24.5 Å². The minimum atomic E-state index is -3.65. The van der Waals surface area contributed by atoms with Crippen molar-refractivity contribution in [1.29, 1.82) is 0 Å². The third-order valence-electron chi connectivity index (χ3n) is 5.33. The van der Waals surface area contributed by atoms with Gasteiger partial charge < -0.3 is 4.74 Å². The van der Waals surface area contributed by atoms with Crippen LogP contribution in [0.25, 0.3) is 0 Å². The number of ether oxygens (including phenoxy) is 1. The standard InChI is InChI=1S/C21H23BrFNO3S/c1-15-21(3,13-27-12-16-7-5-4-6-8-16)28(25,26)14-20(2,24-15)18-11-17(22)9-10-19(18)23/h4-11H,12-14H2,1-3H3/t20-,21+/m0/s1. The molecule has 1 aliphatic rings. The van der Waals surface area contributed by atoms with Gasteiger partial charge in [-0.05, 0) is 44.5 Å². The molecule has 0 saturated heterocycles. The van der Waals surface area contributed by atoms with Crippen molar-refractivity contribution in [2.75, 3.05) is 12.4 Å². The highest BCUT2D eigenvalue weighted by molar-refractivity contribution is 9.10. The van der Waals surface area contributed by atoms with Crippen molar-refractivity contribution in [3.63, 3.8) is 0 Å². The summed E-state index contributed by atoms with van der Waals surface area (Å²) < 4.78 is 46.1. The highest BCUT2D eigenvalue weighted by atomic mass is 79.9. The summed E-state index contributed by atoms with van der Waals surface area (Å²) in [7, 11) is -3.65. The monoisotopic (exact) mass is 467 g/mol. The normalized spacial score (nSPS) is 26.7. The van der Waals surface area contributed by atoms with Crippen molar-refractivity contribution in [1.82, 2.24) is 0 Å². The number of rotatable bonds is 5. The average molecular weight is 468 g/mol. The molecular weight excluding hydrogens is 445 g/mol. The fraction of sp³-hybridized carbons (Fsp3) is 0.381. The van der Waals surface area contributed by atoms with Crippen LogP contribution >= 0.6 is 15.9 Å². The zero-order chi connectivity index (χ0) is 20.6. The second-order valence-electron chi connectivity index (χ2n) is 7.56. The van der Waals surface area contributed by atoms with E-state index in [4.69, 9.17) is 4.74 Å². The predicted octanol–water partition coefficient (Wildman–Crippen LogP) is 4.67. The van der Waals surface area contributed by atoms with E-state index in [9.17, 15) is 12.8 Å². The van der Waals surface area contributed by atoms with Crippen molar-refractivity contribution >= 4 is 31.5 Å². The van der Waals surface area contributed by atoms with E-state index < -0.39 is 25.9 Å². The fourth-order valence-corrected chi connectivity index (χ4v) is 5.85. The Morgan fingerprint density at radius 2 is 1.86 bits per heavy atom. The van der Waals surface area contributed by atoms with Gasteiger partial charge in [0.15, 0.2) is 9.84 Å². The van der Waals surface area contributed by atoms with Gasteiger partial charge in [0.25, 0.3) is 0 Å². The molecule has 0 spiro atoms. The summed E-state index contributed by atoms with van der Waals surface area (Å²) in [5.74, 6) is -0.753. The van der Waals surface area contributed by atoms with Crippen LogP contribution in [0, 0.1) is 5.82 Å². The van der Waals surface area contributed by atoms with E-state index in [-0.39, 0.29) is 17.9 Å². The largest absolute Gasteiger partial charge is 0.375 e. The first kappa shape index (κ1) is 21.1. The molecule has 0 bridgehead atoms. The molecule has 0 saturated carbocycles. The molecule has 1 aliphatic heterocycles. The van der Waals surface area contributed by atoms with Crippen LogP contribution in [0.3, 0.4) is 0 Å². The van der Waals surface area contributed by atoms with Crippen molar-refractivity contribution in [2.24, 2.45) is 4.99 Å². The van der Waals surface area contributed by atoms with Gasteiger partial charge >= 0.3 is 0 Å². The quantitative estimate of drug-likeness (QED) is 0.641. The zero-order valence-electron chi connectivity index (χ0n) is 16.1. The molecule has 0 aromatic heterocycles. The smallest absolute Gasteiger partial charge is 0.166 e. The molecule has 3 rings (SSSR count). The van der Waals surface area contributed by atoms with Gasteiger partial charge in [-0.25, -0.2) is 12.8 Å². The lowest BCUT2D eigenvalue weighted by atomic mass is 9.92. The zero-order valence-corrected chi connectivity index (χ0v) is 18.5. The Balaban J connectivity index is 1.90. The molecule has 150 valence electrons. The third kappa shape index (κ3) is 3.93. The minimum absolute atomic E-state index is 0.00337. The van der Waals surface area contributed by atoms with Crippen molar-refractivity contribution in [2.45, 2.75) is 37.7 Å². The molecule has 1 heterocycles. The van der Waals surface area contributed by atoms with E-state index in [1.54, 1.807) is 32.9 Å². The van der Waals surface area contributed by atoms with E-state index in [1.165, 1.54) is 6.07 Å². The lowest BCUT2D eigenvalue weighted by molar-refractivity contribution is 0.112. The second-order valence-corrected chi connectivity index (χ2v) is 10.9. The number of hydrogen-bond donors (Lipinski definition) is 0. The van der Waals surface area contributed by atoms with Gasteiger partial charge in [0.1, 0.15) is 10.6 Å². The first-order chi connectivity index (χ1) is 13.1. The van der Waals surface area contributed by atoms with E-state index in [2.05, 4.69) is 20.9 Å². The van der Waals surface area contributed by atoms with Gasteiger partial charge in [-0.1, -0.05) is 46.3 Å². The van der Waals surface area contributed by atoms with E-state index in [0.29, 0.717) is 16.8 Å². The molecule has 4 nitrogen and oxygen atoms in total. The average Bonchev–Trinajstić information content (AvgIpc) is 2.62. The molecule has 0 fully saturated rings. The first-order valence-corrected chi connectivity index (χ1v) is 11.4. The number of benzene rings is 2. The highest BCUT2D eigenvalue weighted by Gasteiger charge is 2.51. The molecule has 0 N–H and O–H groups in total. The Bertz CT molecular complexity index is 1010. The molecule has 0 radical (unpaired) electrons. The molecule has 2 atom stereocenters. The van der Waals surface area contributed by atoms with E-state index >= 15 is 0 Å². The Hall–Kier alpha value is -1.57.